The van der Waals surface area contributed by atoms with E-state index in [1.165, 1.54) is 30.0 Å². The van der Waals surface area contributed by atoms with Gasteiger partial charge in [0.25, 0.3) is 0 Å². The van der Waals surface area contributed by atoms with E-state index in [1.54, 1.807) is 18.2 Å². The highest BCUT2D eigenvalue weighted by Gasteiger charge is 2.16. The van der Waals surface area contributed by atoms with Crippen molar-refractivity contribution >= 4 is 39.1 Å². The molecule has 0 radical (unpaired) electrons. The maximum absolute atomic E-state index is 11.5. The van der Waals surface area contributed by atoms with Gasteiger partial charge in [-0.2, -0.15) is 0 Å². The molecule has 1 N–H and O–H groups in total. The molecular weight excluding hydrogens is 312 g/mol. The molecule has 1 heterocycles. The molecule has 8 heteroatoms. The third-order valence-corrected chi connectivity index (χ3v) is 5.08. The maximum atomic E-state index is 11.5. The number of hydrogen-bond donors (Lipinski definition) is 1. The Morgan fingerprint density at radius 3 is 2.76 bits per heavy atom. The zero-order valence-electron chi connectivity index (χ0n) is 11.9. The smallest absolute Gasteiger partial charge is 0.303 e. The number of benzene rings is 1. The first-order valence-corrected chi connectivity index (χ1v) is 8.84. The number of sulfonamides is 1. The summed E-state index contributed by atoms with van der Waals surface area (Å²) in [6.07, 6.45) is 1.16. The summed E-state index contributed by atoms with van der Waals surface area (Å²) in [6.45, 7) is 1.55. The van der Waals surface area contributed by atoms with Crippen LogP contribution in [0.1, 0.15) is 6.92 Å². The van der Waals surface area contributed by atoms with Crippen molar-refractivity contribution in [1.82, 2.24) is 0 Å². The molecule has 0 atom stereocenters. The molecule has 21 heavy (non-hydrogen) atoms. The van der Waals surface area contributed by atoms with Gasteiger partial charge < -0.3 is 10.1 Å². The second-order valence-corrected chi connectivity index (χ2v) is 7.50. The van der Waals surface area contributed by atoms with E-state index in [-0.39, 0.29) is 12.6 Å². The Hall–Kier alpha value is -1.67. The SMILES string of the molecule is CC(=O)OCC1=CSc2cc(N(C)S(C)(=O)=O)ccc2N1. The molecule has 0 amide bonds. The van der Waals surface area contributed by atoms with Crippen LogP contribution in [0.2, 0.25) is 0 Å². The molecule has 0 spiro atoms. The standard InChI is InChI=1S/C13H16N2O4S2/c1-9(16)19-7-10-8-20-13-6-11(4-5-12(13)14-10)15(2)21(3,17)18/h4-6,8,14H,7H2,1-3H3. The normalized spacial score (nSPS) is 13.8. The molecule has 1 aliphatic rings. The number of nitrogens with one attached hydrogen (secondary N) is 1. The zero-order chi connectivity index (χ0) is 15.6. The monoisotopic (exact) mass is 328 g/mol. The van der Waals surface area contributed by atoms with Crippen molar-refractivity contribution in [2.75, 3.05) is 29.5 Å². The fourth-order valence-corrected chi connectivity index (χ4v) is 3.01. The highest BCUT2D eigenvalue weighted by molar-refractivity contribution is 8.02. The lowest BCUT2D eigenvalue weighted by atomic mass is 10.2. The van der Waals surface area contributed by atoms with Crippen molar-refractivity contribution in [2.24, 2.45) is 0 Å². The van der Waals surface area contributed by atoms with E-state index in [0.717, 1.165) is 22.5 Å². The summed E-state index contributed by atoms with van der Waals surface area (Å²) in [5.74, 6) is -0.335. The molecule has 6 nitrogen and oxygen atoms in total. The van der Waals surface area contributed by atoms with Crippen LogP contribution in [0.4, 0.5) is 11.4 Å². The lowest BCUT2D eigenvalue weighted by molar-refractivity contribution is -0.139. The Balaban J connectivity index is 2.16. The van der Waals surface area contributed by atoms with Crippen LogP contribution in [0, 0.1) is 0 Å². The van der Waals surface area contributed by atoms with E-state index in [4.69, 9.17) is 4.74 Å². The van der Waals surface area contributed by atoms with Crippen LogP contribution >= 0.6 is 11.8 Å². The van der Waals surface area contributed by atoms with Crippen molar-refractivity contribution in [2.45, 2.75) is 11.8 Å². The largest absolute Gasteiger partial charge is 0.459 e. The zero-order valence-corrected chi connectivity index (χ0v) is 13.5. The van der Waals surface area contributed by atoms with Crippen molar-refractivity contribution in [1.29, 1.82) is 0 Å². The third kappa shape index (κ3) is 3.92. The number of nitrogens with zero attached hydrogens (tertiary/aromatic N) is 1. The van der Waals surface area contributed by atoms with Crippen LogP contribution in [0.3, 0.4) is 0 Å². The summed E-state index contributed by atoms with van der Waals surface area (Å²) < 4.78 is 29.2. The molecule has 0 unspecified atom stereocenters. The molecule has 0 fully saturated rings. The third-order valence-electron chi connectivity index (χ3n) is 2.88. The molecule has 0 bridgehead atoms. The fourth-order valence-electron chi connectivity index (χ4n) is 1.69. The van der Waals surface area contributed by atoms with Crippen LogP contribution < -0.4 is 9.62 Å². The van der Waals surface area contributed by atoms with Crippen LogP contribution in [0.25, 0.3) is 0 Å². The van der Waals surface area contributed by atoms with Crippen molar-refractivity contribution < 1.29 is 17.9 Å². The minimum Gasteiger partial charge on any atom is -0.459 e. The molecule has 1 aliphatic heterocycles. The first kappa shape index (κ1) is 15.7. The Morgan fingerprint density at radius 2 is 2.14 bits per heavy atom. The van der Waals surface area contributed by atoms with Gasteiger partial charge in [-0.3, -0.25) is 9.10 Å². The lowest BCUT2D eigenvalue weighted by Crippen LogP contribution is -2.24. The van der Waals surface area contributed by atoms with E-state index < -0.39 is 10.0 Å². The predicted molar refractivity (Wildman–Crippen MR) is 83.9 cm³/mol. The quantitative estimate of drug-likeness (QED) is 0.852. The summed E-state index contributed by atoms with van der Waals surface area (Å²) in [5.41, 5.74) is 2.24. The van der Waals surface area contributed by atoms with Gasteiger partial charge in [-0.25, -0.2) is 8.42 Å². The average molecular weight is 328 g/mol. The van der Waals surface area contributed by atoms with Crippen molar-refractivity contribution in [3.8, 4) is 0 Å². The van der Waals surface area contributed by atoms with Gasteiger partial charge >= 0.3 is 5.97 Å². The minimum absolute atomic E-state index is 0.187. The maximum Gasteiger partial charge on any atom is 0.303 e. The van der Waals surface area contributed by atoms with Gasteiger partial charge in [-0.1, -0.05) is 11.8 Å². The molecular formula is C13H16N2O4S2. The van der Waals surface area contributed by atoms with Gasteiger partial charge in [0, 0.05) is 18.9 Å². The van der Waals surface area contributed by atoms with E-state index in [9.17, 15) is 13.2 Å². The van der Waals surface area contributed by atoms with E-state index in [0.29, 0.717) is 5.69 Å². The summed E-state index contributed by atoms with van der Waals surface area (Å²) in [6, 6.07) is 5.33. The van der Waals surface area contributed by atoms with E-state index in [1.807, 2.05) is 5.41 Å². The molecule has 2 rings (SSSR count). The predicted octanol–water partition coefficient (Wildman–Crippen LogP) is 2.00. The number of carbonyl (C=O) groups is 1. The van der Waals surface area contributed by atoms with Crippen LogP contribution in [0.15, 0.2) is 34.2 Å². The van der Waals surface area contributed by atoms with Crippen molar-refractivity contribution in [3.63, 3.8) is 0 Å². The fraction of sp³-hybridized carbons (Fsp3) is 0.308. The number of thioether (sulfide) groups is 1. The van der Waals surface area contributed by atoms with Crippen molar-refractivity contribution in [3.05, 3.63) is 29.3 Å². The van der Waals surface area contributed by atoms with Gasteiger partial charge in [-0.15, -0.1) is 0 Å². The molecule has 1 aromatic rings. The van der Waals surface area contributed by atoms with Gasteiger partial charge in [0.2, 0.25) is 10.0 Å². The lowest BCUT2D eigenvalue weighted by Gasteiger charge is -2.22. The number of carbonyl (C=O) groups excluding carboxylic acids is 1. The Morgan fingerprint density at radius 1 is 1.43 bits per heavy atom. The molecule has 0 aliphatic carbocycles. The molecule has 0 saturated carbocycles. The first-order chi connectivity index (χ1) is 9.77. The average Bonchev–Trinajstić information content (AvgIpc) is 2.42. The molecule has 1 aromatic carbocycles. The van der Waals surface area contributed by atoms with Gasteiger partial charge in [0.05, 0.1) is 23.3 Å². The second kappa shape index (κ2) is 5.98. The number of anilines is 2. The number of fused-ring (bicyclic) bond motifs is 1. The number of rotatable bonds is 4. The summed E-state index contributed by atoms with van der Waals surface area (Å²) in [5, 5.41) is 5.00. The second-order valence-electron chi connectivity index (χ2n) is 4.58. The van der Waals surface area contributed by atoms with E-state index >= 15 is 0 Å². The number of ether oxygens (including phenoxy) is 1. The summed E-state index contributed by atoms with van der Waals surface area (Å²) in [7, 11) is -1.77. The number of esters is 1. The summed E-state index contributed by atoms with van der Waals surface area (Å²) >= 11 is 1.45. The first-order valence-electron chi connectivity index (χ1n) is 6.11. The topological polar surface area (TPSA) is 75.7 Å². The summed E-state index contributed by atoms with van der Waals surface area (Å²) in [4.78, 5) is 11.7. The highest BCUT2D eigenvalue weighted by atomic mass is 32.2. The van der Waals surface area contributed by atoms with Crippen LogP contribution in [0.5, 0.6) is 0 Å². The van der Waals surface area contributed by atoms with Gasteiger partial charge in [0.15, 0.2) is 0 Å². The number of hydrogen-bond acceptors (Lipinski definition) is 6. The van der Waals surface area contributed by atoms with Crippen LogP contribution in [-0.4, -0.2) is 34.3 Å². The Labute approximate surface area is 128 Å². The molecule has 0 aromatic heterocycles. The Kier molecular flexibility index (Phi) is 4.48. The highest BCUT2D eigenvalue weighted by Crippen LogP contribution is 2.37. The molecule has 0 saturated heterocycles. The van der Waals surface area contributed by atoms with E-state index in [2.05, 4.69) is 5.32 Å². The van der Waals surface area contributed by atoms with Gasteiger partial charge in [0.1, 0.15) is 6.61 Å². The van der Waals surface area contributed by atoms with Gasteiger partial charge in [-0.05, 0) is 23.6 Å². The molecule has 114 valence electrons. The minimum atomic E-state index is -3.28. The Bertz CT molecular complexity index is 698. The van der Waals surface area contributed by atoms with Crippen LogP contribution in [-0.2, 0) is 19.6 Å².